The predicted octanol–water partition coefficient (Wildman–Crippen LogP) is 2.91. The molecule has 0 fully saturated rings. The minimum absolute atomic E-state index is 0.581. The van der Waals surface area contributed by atoms with Gasteiger partial charge in [0, 0.05) is 6.54 Å². The molecule has 1 rings (SSSR count). The topological polar surface area (TPSA) is 50.7 Å². The van der Waals surface area contributed by atoms with Crippen molar-refractivity contribution in [1.29, 1.82) is 0 Å². The van der Waals surface area contributed by atoms with Gasteiger partial charge < -0.3 is 5.32 Å². The quantitative estimate of drug-likeness (QED) is 0.791. The van der Waals surface area contributed by atoms with Gasteiger partial charge in [0.2, 0.25) is 5.95 Å². The Morgan fingerprint density at radius 1 is 1.21 bits per heavy atom. The van der Waals surface area contributed by atoms with Crippen LogP contribution in [0.4, 0.5) is 5.95 Å². The summed E-state index contributed by atoms with van der Waals surface area (Å²) in [4.78, 5) is 12.5. The lowest BCUT2D eigenvalue weighted by Gasteiger charge is -2.12. The van der Waals surface area contributed by atoms with Gasteiger partial charge in [-0.05, 0) is 13.8 Å². The van der Waals surface area contributed by atoms with E-state index in [1.165, 1.54) is 0 Å². The minimum atomic E-state index is -0.592. The average Bonchev–Trinajstić information content (AvgIpc) is 2.02. The van der Waals surface area contributed by atoms with Crippen LogP contribution < -0.4 is 5.32 Å². The number of aromatic nitrogens is 3. The van der Waals surface area contributed by atoms with Crippen LogP contribution in [0.2, 0.25) is 0 Å². The number of hydrogen-bond donors (Lipinski definition) is 1. The van der Waals surface area contributed by atoms with Crippen molar-refractivity contribution in [1.82, 2.24) is 15.0 Å². The summed E-state index contributed by atoms with van der Waals surface area (Å²) >= 11 is 10.1. The van der Waals surface area contributed by atoms with Crippen LogP contribution in [0, 0.1) is 6.92 Å². The second-order valence-corrected chi connectivity index (χ2v) is 9.32. The number of halogens is 3. The highest BCUT2D eigenvalue weighted by Gasteiger charge is 2.25. The molecule has 0 saturated carbocycles. The molecule has 0 aliphatic heterocycles. The van der Waals surface area contributed by atoms with E-state index >= 15 is 0 Å². The van der Waals surface area contributed by atoms with Gasteiger partial charge in [-0.25, -0.2) is 4.98 Å². The average molecular weight is 389 g/mol. The molecular weight excluding hydrogens is 380 g/mol. The van der Waals surface area contributed by atoms with Crippen LogP contribution in [-0.2, 0) is 2.14 Å². The Hall–Kier alpha value is 0.250. The van der Waals surface area contributed by atoms with Crippen molar-refractivity contribution in [3.05, 3.63) is 11.6 Å². The fourth-order valence-corrected chi connectivity index (χ4v) is 1.38. The SMILES string of the molecule is CCNc1nc(C)nc(C(Br)(Br)Br)n1. The second-order valence-electron chi connectivity index (χ2n) is 2.56. The first-order valence-electron chi connectivity index (χ1n) is 3.97. The normalized spacial score (nSPS) is 11.5. The minimum Gasteiger partial charge on any atom is -0.354 e. The van der Waals surface area contributed by atoms with Crippen LogP contribution in [-0.4, -0.2) is 21.5 Å². The number of nitrogens with one attached hydrogen (secondary N) is 1. The lowest BCUT2D eigenvalue weighted by atomic mass is 10.6. The highest BCUT2D eigenvalue weighted by Crippen LogP contribution is 2.42. The molecule has 1 heterocycles. The zero-order valence-corrected chi connectivity index (χ0v) is 12.4. The van der Waals surface area contributed by atoms with Gasteiger partial charge in [0.15, 0.2) is 7.97 Å². The van der Waals surface area contributed by atoms with Gasteiger partial charge in [-0.15, -0.1) is 0 Å². The van der Waals surface area contributed by atoms with E-state index in [1.807, 2.05) is 13.8 Å². The first kappa shape index (κ1) is 12.3. The fourth-order valence-electron chi connectivity index (χ4n) is 0.846. The van der Waals surface area contributed by atoms with Crippen LogP contribution in [0.15, 0.2) is 0 Å². The van der Waals surface area contributed by atoms with Crippen LogP contribution in [0.5, 0.6) is 0 Å². The number of alkyl halides is 3. The van der Waals surface area contributed by atoms with Gasteiger partial charge in [0.1, 0.15) is 5.82 Å². The van der Waals surface area contributed by atoms with E-state index in [1.54, 1.807) is 0 Å². The molecule has 1 aromatic heterocycles. The maximum absolute atomic E-state index is 4.22. The molecule has 1 N–H and O–H groups in total. The fraction of sp³-hybridized carbons (Fsp3) is 0.571. The predicted molar refractivity (Wildman–Crippen MR) is 67.2 cm³/mol. The molecule has 14 heavy (non-hydrogen) atoms. The lowest BCUT2D eigenvalue weighted by Crippen LogP contribution is -2.12. The zero-order chi connectivity index (χ0) is 10.8. The molecule has 0 atom stereocenters. The second kappa shape index (κ2) is 4.85. The van der Waals surface area contributed by atoms with E-state index in [-0.39, 0.29) is 0 Å². The molecule has 7 heteroatoms. The third-order valence-corrected chi connectivity index (χ3v) is 2.40. The van der Waals surface area contributed by atoms with Crippen LogP contribution in [0.1, 0.15) is 18.6 Å². The van der Waals surface area contributed by atoms with Gasteiger partial charge in [-0.1, -0.05) is 47.8 Å². The Balaban J connectivity index is 3.07. The highest BCUT2D eigenvalue weighted by molar-refractivity contribution is 9.38. The maximum Gasteiger partial charge on any atom is 0.226 e. The van der Waals surface area contributed by atoms with E-state index in [0.29, 0.717) is 17.6 Å². The van der Waals surface area contributed by atoms with Crippen molar-refractivity contribution >= 4 is 53.7 Å². The summed E-state index contributed by atoms with van der Waals surface area (Å²) in [6.07, 6.45) is 0. The summed E-state index contributed by atoms with van der Waals surface area (Å²) in [7, 11) is 0. The van der Waals surface area contributed by atoms with Crippen LogP contribution in [0.25, 0.3) is 0 Å². The van der Waals surface area contributed by atoms with E-state index in [9.17, 15) is 0 Å². The number of anilines is 1. The summed E-state index contributed by atoms with van der Waals surface area (Å²) in [6.45, 7) is 4.59. The molecule has 4 nitrogen and oxygen atoms in total. The summed E-state index contributed by atoms with van der Waals surface area (Å²) in [5.41, 5.74) is 0. The highest BCUT2D eigenvalue weighted by atomic mass is 80.0. The summed E-state index contributed by atoms with van der Waals surface area (Å²) in [5.74, 6) is 1.84. The molecule has 0 bridgehead atoms. The van der Waals surface area contributed by atoms with E-state index in [2.05, 4.69) is 68.1 Å². The maximum atomic E-state index is 4.22. The van der Waals surface area contributed by atoms with Gasteiger partial charge in [0.25, 0.3) is 0 Å². The Kier molecular flexibility index (Phi) is 4.27. The Morgan fingerprint density at radius 3 is 2.36 bits per heavy atom. The van der Waals surface area contributed by atoms with Crippen LogP contribution >= 0.6 is 47.8 Å². The largest absolute Gasteiger partial charge is 0.354 e. The van der Waals surface area contributed by atoms with Gasteiger partial charge in [-0.2, -0.15) is 9.97 Å². The molecule has 0 aliphatic rings. The van der Waals surface area contributed by atoms with E-state index < -0.39 is 2.14 Å². The van der Waals surface area contributed by atoms with E-state index in [0.717, 1.165) is 6.54 Å². The molecule has 0 spiro atoms. The molecule has 0 amide bonds. The molecule has 0 saturated heterocycles. The molecule has 0 unspecified atom stereocenters. The van der Waals surface area contributed by atoms with Gasteiger partial charge in [0.05, 0.1) is 0 Å². The molecule has 1 aromatic rings. The molecule has 0 aliphatic carbocycles. The number of rotatable bonds is 2. The number of aryl methyl sites for hydroxylation is 1. The van der Waals surface area contributed by atoms with Crippen molar-refractivity contribution in [2.45, 2.75) is 16.0 Å². The summed E-state index contributed by atoms with van der Waals surface area (Å²) in [6, 6.07) is 0. The molecule has 0 aromatic carbocycles. The molecule has 78 valence electrons. The first-order valence-corrected chi connectivity index (χ1v) is 6.35. The van der Waals surface area contributed by atoms with E-state index in [4.69, 9.17) is 0 Å². The summed E-state index contributed by atoms with van der Waals surface area (Å²) < 4.78 is -0.592. The third-order valence-electron chi connectivity index (χ3n) is 1.34. The summed E-state index contributed by atoms with van der Waals surface area (Å²) in [5, 5.41) is 3.04. The monoisotopic (exact) mass is 386 g/mol. The van der Waals surface area contributed by atoms with Crippen molar-refractivity contribution in [3.63, 3.8) is 0 Å². The number of hydrogen-bond acceptors (Lipinski definition) is 4. The first-order chi connectivity index (χ1) is 6.43. The smallest absolute Gasteiger partial charge is 0.226 e. The Bertz CT molecular complexity index is 323. The van der Waals surface area contributed by atoms with Gasteiger partial charge in [-0.3, -0.25) is 0 Å². The van der Waals surface area contributed by atoms with Crippen molar-refractivity contribution in [2.24, 2.45) is 0 Å². The zero-order valence-electron chi connectivity index (χ0n) is 7.68. The molecule has 0 radical (unpaired) electrons. The van der Waals surface area contributed by atoms with Crippen molar-refractivity contribution < 1.29 is 0 Å². The Labute approximate surface area is 108 Å². The number of nitrogens with zero attached hydrogens (tertiary/aromatic N) is 3. The van der Waals surface area contributed by atoms with Crippen molar-refractivity contribution in [2.75, 3.05) is 11.9 Å². The Morgan fingerprint density at radius 2 is 1.86 bits per heavy atom. The third kappa shape index (κ3) is 3.43. The van der Waals surface area contributed by atoms with Crippen LogP contribution in [0.3, 0.4) is 0 Å². The molecular formula is C7H9Br3N4. The standard InChI is InChI=1S/C7H9Br3N4/c1-3-11-6-13-4(2)12-5(14-6)7(8,9)10/h3H2,1-2H3,(H,11,12,13,14). The lowest BCUT2D eigenvalue weighted by molar-refractivity contribution is 0.897. The van der Waals surface area contributed by atoms with Crippen molar-refractivity contribution in [3.8, 4) is 0 Å². The van der Waals surface area contributed by atoms with Gasteiger partial charge >= 0.3 is 0 Å².